The maximum absolute atomic E-state index is 5.55. The number of halogens is 1. The zero-order chi connectivity index (χ0) is 11.4. The molecule has 0 unspecified atom stereocenters. The van der Waals surface area contributed by atoms with Crippen LogP contribution in [0.25, 0.3) is 11.3 Å². The Morgan fingerprint density at radius 2 is 2.06 bits per heavy atom. The number of nitrogens with zero attached hydrogens (tertiary/aromatic N) is 2. The van der Waals surface area contributed by atoms with Gasteiger partial charge in [-0.1, -0.05) is 12.1 Å². The van der Waals surface area contributed by atoms with Crippen LogP contribution >= 0.6 is 11.6 Å². The summed E-state index contributed by atoms with van der Waals surface area (Å²) >= 11 is 5.55. The van der Waals surface area contributed by atoms with Crippen LogP contribution < -0.4 is 5.73 Å². The largest absolute Gasteiger partial charge is 0.386 e. The first kappa shape index (κ1) is 10.7. The second-order valence-corrected chi connectivity index (χ2v) is 3.52. The van der Waals surface area contributed by atoms with Crippen LogP contribution in [0.15, 0.2) is 41.5 Å². The Balaban J connectivity index is 2.23. The maximum Gasteiger partial charge on any atom is 0.115 e. The van der Waals surface area contributed by atoms with Gasteiger partial charge in [-0.05, 0) is 23.8 Å². The van der Waals surface area contributed by atoms with Gasteiger partial charge in [0.2, 0.25) is 0 Å². The lowest BCUT2D eigenvalue weighted by molar-refractivity contribution is 1.10. The summed E-state index contributed by atoms with van der Waals surface area (Å²) in [5, 5.41) is 6.79. The number of rotatable bonds is 3. The number of amidine groups is 1. The van der Waals surface area contributed by atoms with Crippen LogP contribution in [0, 0.1) is 0 Å². The number of nitrogens with two attached hydrogens (primary N) is 1. The summed E-state index contributed by atoms with van der Waals surface area (Å²) < 4.78 is 0. The number of nitrogens with one attached hydrogen (secondary N) is 1. The summed E-state index contributed by atoms with van der Waals surface area (Å²) in [7, 11) is 0. The summed E-state index contributed by atoms with van der Waals surface area (Å²) in [6.45, 7) is 0. The minimum atomic E-state index is 0.238. The fraction of sp³-hybridized carbons (Fsp3) is 0.0909. The van der Waals surface area contributed by atoms with Crippen LogP contribution in [0.3, 0.4) is 0 Å². The Labute approximate surface area is 98.2 Å². The summed E-state index contributed by atoms with van der Waals surface area (Å²) in [6.07, 6.45) is 1.72. The van der Waals surface area contributed by atoms with Gasteiger partial charge in [-0.2, -0.15) is 5.10 Å². The fourth-order valence-electron chi connectivity index (χ4n) is 1.33. The van der Waals surface area contributed by atoms with Gasteiger partial charge in [-0.3, -0.25) is 5.10 Å². The third kappa shape index (κ3) is 2.41. The number of aromatic nitrogens is 2. The molecule has 0 spiro atoms. The van der Waals surface area contributed by atoms with Crippen LogP contribution in [-0.4, -0.2) is 21.9 Å². The predicted octanol–water partition coefficient (Wildman–Crippen LogP) is 2.30. The molecule has 16 heavy (non-hydrogen) atoms. The van der Waals surface area contributed by atoms with Crippen molar-refractivity contribution in [1.29, 1.82) is 0 Å². The van der Waals surface area contributed by atoms with Crippen molar-refractivity contribution in [3.05, 3.63) is 36.5 Å². The van der Waals surface area contributed by atoms with Crippen LogP contribution in [0.5, 0.6) is 0 Å². The van der Waals surface area contributed by atoms with Gasteiger partial charge in [0, 0.05) is 6.20 Å². The third-order valence-corrected chi connectivity index (χ3v) is 2.36. The van der Waals surface area contributed by atoms with E-state index in [1.54, 1.807) is 6.20 Å². The van der Waals surface area contributed by atoms with Crippen LogP contribution in [0.1, 0.15) is 0 Å². The highest BCUT2D eigenvalue weighted by molar-refractivity contribution is 6.28. The maximum atomic E-state index is 5.55. The Bertz CT molecular complexity index is 473. The van der Waals surface area contributed by atoms with Crippen molar-refractivity contribution in [3.8, 4) is 11.3 Å². The van der Waals surface area contributed by atoms with E-state index in [1.807, 2.05) is 30.3 Å². The second kappa shape index (κ2) is 4.81. The molecule has 0 saturated heterocycles. The Morgan fingerprint density at radius 3 is 2.62 bits per heavy atom. The van der Waals surface area contributed by atoms with Crippen LogP contribution in [0.2, 0.25) is 0 Å². The minimum Gasteiger partial charge on any atom is -0.386 e. The molecule has 82 valence electrons. The lowest BCUT2D eigenvalue weighted by atomic mass is 10.1. The molecule has 0 saturated carbocycles. The third-order valence-electron chi connectivity index (χ3n) is 2.09. The van der Waals surface area contributed by atoms with Gasteiger partial charge in [0.25, 0.3) is 0 Å². The zero-order valence-corrected chi connectivity index (χ0v) is 9.28. The van der Waals surface area contributed by atoms with Gasteiger partial charge >= 0.3 is 0 Å². The van der Waals surface area contributed by atoms with Gasteiger partial charge in [0.05, 0.1) is 17.3 Å². The Morgan fingerprint density at radius 1 is 1.31 bits per heavy atom. The molecule has 0 bridgehead atoms. The first-order valence-corrected chi connectivity index (χ1v) is 5.32. The molecule has 5 heteroatoms. The summed E-state index contributed by atoms with van der Waals surface area (Å²) in [4.78, 5) is 4.14. The van der Waals surface area contributed by atoms with E-state index in [2.05, 4.69) is 15.2 Å². The highest BCUT2D eigenvalue weighted by atomic mass is 35.5. The molecule has 1 heterocycles. The van der Waals surface area contributed by atoms with E-state index >= 15 is 0 Å². The SMILES string of the molecule is NC(CCl)=Nc1ccc(-c2ccn[nH]2)cc1. The topological polar surface area (TPSA) is 67.1 Å². The lowest BCUT2D eigenvalue weighted by Gasteiger charge is -1.99. The molecule has 0 fully saturated rings. The van der Waals surface area contributed by atoms with Gasteiger partial charge in [0.15, 0.2) is 0 Å². The molecule has 2 rings (SSSR count). The first-order chi connectivity index (χ1) is 7.79. The molecule has 1 aromatic carbocycles. The first-order valence-electron chi connectivity index (χ1n) is 4.78. The lowest BCUT2D eigenvalue weighted by Crippen LogP contribution is -2.12. The van der Waals surface area contributed by atoms with Crippen molar-refractivity contribution in [2.24, 2.45) is 10.7 Å². The smallest absolute Gasteiger partial charge is 0.115 e. The molecule has 0 aliphatic heterocycles. The second-order valence-electron chi connectivity index (χ2n) is 3.25. The summed E-state index contributed by atoms with van der Waals surface area (Å²) in [5.74, 6) is 0.651. The Kier molecular flexibility index (Phi) is 3.22. The van der Waals surface area contributed by atoms with E-state index in [0.29, 0.717) is 5.84 Å². The highest BCUT2D eigenvalue weighted by Crippen LogP contribution is 2.20. The van der Waals surface area contributed by atoms with Crippen LogP contribution in [-0.2, 0) is 0 Å². The molecule has 2 aromatic rings. The molecule has 0 amide bonds. The van der Waals surface area contributed by atoms with Crippen molar-refractivity contribution in [2.45, 2.75) is 0 Å². The minimum absolute atomic E-state index is 0.238. The number of benzene rings is 1. The molecule has 3 N–H and O–H groups in total. The van der Waals surface area contributed by atoms with E-state index in [4.69, 9.17) is 17.3 Å². The molecule has 0 aliphatic carbocycles. The quantitative estimate of drug-likeness (QED) is 0.486. The number of aromatic amines is 1. The van der Waals surface area contributed by atoms with E-state index < -0.39 is 0 Å². The highest BCUT2D eigenvalue weighted by Gasteiger charge is 1.98. The standard InChI is InChI=1S/C11H11ClN4/c12-7-11(13)15-9-3-1-8(2-4-9)10-5-6-14-16-10/h1-6H,7H2,(H2,13,15)(H,14,16). The Hall–Kier alpha value is -1.81. The van der Waals surface area contributed by atoms with Gasteiger partial charge in [0.1, 0.15) is 5.84 Å². The van der Waals surface area contributed by atoms with E-state index in [1.165, 1.54) is 0 Å². The molecule has 4 nitrogen and oxygen atoms in total. The number of hydrogen-bond acceptors (Lipinski definition) is 2. The number of hydrogen-bond donors (Lipinski definition) is 2. The van der Waals surface area contributed by atoms with Crippen molar-refractivity contribution >= 4 is 23.1 Å². The summed E-state index contributed by atoms with van der Waals surface area (Å²) in [5.41, 5.74) is 8.36. The average molecular weight is 235 g/mol. The van der Waals surface area contributed by atoms with E-state index in [0.717, 1.165) is 16.9 Å². The fourth-order valence-corrected chi connectivity index (χ4v) is 1.39. The van der Waals surface area contributed by atoms with Gasteiger partial charge in [-0.25, -0.2) is 4.99 Å². The van der Waals surface area contributed by atoms with Crippen molar-refractivity contribution in [1.82, 2.24) is 10.2 Å². The molecule has 0 aliphatic rings. The molecule has 0 radical (unpaired) electrons. The molecule has 1 aromatic heterocycles. The van der Waals surface area contributed by atoms with E-state index in [9.17, 15) is 0 Å². The molecular weight excluding hydrogens is 224 g/mol. The van der Waals surface area contributed by atoms with Gasteiger partial charge in [-0.15, -0.1) is 11.6 Å². The zero-order valence-electron chi connectivity index (χ0n) is 8.52. The van der Waals surface area contributed by atoms with Gasteiger partial charge < -0.3 is 5.73 Å². The summed E-state index contributed by atoms with van der Waals surface area (Å²) in [6, 6.07) is 9.58. The molecule has 0 atom stereocenters. The number of aliphatic imine (C=N–C) groups is 1. The monoisotopic (exact) mass is 234 g/mol. The van der Waals surface area contributed by atoms with Crippen LogP contribution in [0.4, 0.5) is 5.69 Å². The van der Waals surface area contributed by atoms with Crippen molar-refractivity contribution in [3.63, 3.8) is 0 Å². The normalized spacial score (nSPS) is 11.7. The van der Waals surface area contributed by atoms with Crippen molar-refractivity contribution in [2.75, 3.05) is 5.88 Å². The predicted molar refractivity (Wildman–Crippen MR) is 66.0 cm³/mol. The number of alkyl halides is 1. The van der Waals surface area contributed by atoms with Crippen molar-refractivity contribution < 1.29 is 0 Å². The number of H-pyrrole nitrogens is 1. The van der Waals surface area contributed by atoms with E-state index in [-0.39, 0.29) is 5.88 Å². The average Bonchev–Trinajstić information content (AvgIpc) is 2.83. The molecular formula is C11H11ClN4.